The molecule has 4 N–H and O–H groups in total. The molecule has 2 aliphatic heterocycles. The Morgan fingerprint density at radius 1 is 1.07 bits per heavy atom. The molecule has 0 spiro atoms. The van der Waals surface area contributed by atoms with Crippen molar-refractivity contribution in [3.8, 4) is 0 Å². The van der Waals surface area contributed by atoms with E-state index in [1.807, 2.05) is 45.0 Å². The molecule has 0 radical (unpaired) electrons. The minimum Gasteiger partial charge on any atom is -0.348 e. The van der Waals surface area contributed by atoms with Gasteiger partial charge in [0.25, 0.3) is 5.91 Å². The third kappa shape index (κ3) is 5.45. The van der Waals surface area contributed by atoms with E-state index >= 15 is 0 Å². The summed E-state index contributed by atoms with van der Waals surface area (Å²) in [6, 6.07) is 12.0. The number of benzene rings is 2. The molecule has 11 nitrogen and oxygen atoms in total. The van der Waals surface area contributed by atoms with Crippen LogP contribution in [0.4, 0.5) is 5.69 Å². The summed E-state index contributed by atoms with van der Waals surface area (Å²) in [4.78, 5) is 55.4. The largest absolute Gasteiger partial charge is 0.348 e. The molecular formula is C29H33N7O4. The number of carbonyl (C=O) groups is 4. The summed E-state index contributed by atoms with van der Waals surface area (Å²) in [6.07, 6.45) is 2.82. The van der Waals surface area contributed by atoms with Crippen LogP contribution in [0.3, 0.4) is 0 Å². The fraction of sp³-hybridized carbons (Fsp3) is 0.379. The summed E-state index contributed by atoms with van der Waals surface area (Å²) < 4.78 is 0. The van der Waals surface area contributed by atoms with Crippen molar-refractivity contribution in [3.05, 3.63) is 77.1 Å². The lowest BCUT2D eigenvalue weighted by Crippen LogP contribution is -2.59. The topological polar surface area (TPSA) is 149 Å². The number of aromatic nitrogens is 3. The van der Waals surface area contributed by atoms with Gasteiger partial charge in [-0.1, -0.05) is 57.2 Å². The molecule has 0 unspecified atom stereocenters. The normalized spacial score (nSPS) is 18.9. The van der Waals surface area contributed by atoms with Crippen molar-refractivity contribution in [2.45, 2.75) is 64.7 Å². The van der Waals surface area contributed by atoms with E-state index in [0.717, 1.165) is 16.8 Å². The van der Waals surface area contributed by atoms with E-state index < -0.39 is 29.4 Å². The predicted octanol–water partition coefficient (Wildman–Crippen LogP) is 1.65. The highest BCUT2D eigenvalue weighted by Gasteiger charge is 2.45. The molecule has 4 amide bonds. The third-order valence-corrected chi connectivity index (χ3v) is 7.37. The highest BCUT2D eigenvalue weighted by atomic mass is 16.2. The number of para-hydroxylation sites is 1. The van der Waals surface area contributed by atoms with Gasteiger partial charge >= 0.3 is 0 Å². The maximum absolute atomic E-state index is 14.0. The summed E-state index contributed by atoms with van der Waals surface area (Å²) in [5.74, 6) is -1.48. The highest BCUT2D eigenvalue weighted by Crippen LogP contribution is 2.39. The van der Waals surface area contributed by atoms with E-state index in [9.17, 15) is 19.2 Å². The monoisotopic (exact) mass is 543 g/mol. The molecule has 40 heavy (non-hydrogen) atoms. The van der Waals surface area contributed by atoms with Crippen LogP contribution in [-0.2, 0) is 33.8 Å². The zero-order chi connectivity index (χ0) is 28.4. The summed E-state index contributed by atoms with van der Waals surface area (Å²) in [7, 11) is 0. The Morgan fingerprint density at radius 2 is 1.82 bits per heavy atom. The number of nitrogens with zero attached hydrogens (tertiary/aromatic N) is 3. The first kappa shape index (κ1) is 27.0. The minimum absolute atomic E-state index is 0.172. The lowest BCUT2D eigenvalue weighted by molar-refractivity contribution is -0.131. The zero-order valence-corrected chi connectivity index (χ0v) is 22.7. The molecule has 0 bridgehead atoms. The number of rotatable bonds is 7. The van der Waals surface area contributed by atoms with E-state index in [1.54, 1.807) is 24.3 Å². The fourth-order valence-electron chi connectivity index (χ4n) is 5.32. The molecule has 1 aromatic heterocycles. The second-order valence-corrected chi connectivity index (χ2v) is 11.3. The van der Waals surface area contributed by atoms with Crippen molar-refractivity contribution in [2.75, 3.05) is 4.90 Å². The Labute approximate surface area is 232 Å². The van der Waals surface area contributed by atoms with E-state index in [0.29, 0.717) is 30.5 Å². The predicted molar refractivity (Wildman–Crippen MR) is 147 cm³/mol. The first-order chi connectivity index (χ1) is 19.1. The van der Waals surface area contributed by atoms with Crippen LogP contribution < -0.4 is 20.9 Å². The number of hydrogen-bond acceptors (Lipinski definition) is 6. The lowest BCUT2D eigenvalue weighted by atomic mass is 9.85. The first-order valence-electron chi connectivity index (χ1n) is 13.4. The number of nitrogens with one attached hydrogen (secondary N) is 4. The van der Waals surface area contributed by atoms with Crippen LogP contribution in [0.2, 0.25) is 0 Å². The van der Waals surface area contributed by atoms with E-state index in [-0.39, 0.29) is 24.3 Å². The van der Waals surface area contributed by atoms with E-state index in [4.69, 9.17) is 0 Å². The molecule has 2 aliphatic rings. The van der Waals surface area contributed by atoms with Gasteiger partial charge in [-0.3, -0.25) is 24.1 Å². The van der Waals surface area contributed by atoms with Gasteiger partial charge in [-0.2, -0.15) is 15.4 Å². The Morgan fingerprint density at radius 3 is 2.52 bits per heavy atom. The van der Waals surface area contributed by atoms with Gasteiger partial charge in [0.05, 0.1) is 18.4 Å². The van der Waals surface area contributed by atoms with Crippen molar-refractivity contribution in [1.29, 1.82) is 0 Å². The molecule has 3 aromatic rings. The molecule has 2 aromatic carbocycles. The number of aromatic amines is 1. The number of H-pyrrole nitrogens is 1. The smallest absolute Gasteiger partial charge is 0.251 e. The number of aryl methyl sites for hydroxylation is 1. The average Bonchev–Trinajstić information content (AvgIpc) is 3.57. The zero-order valence-electron chi connectivity index (χ0n) is 22.7. The van der Waals surface area contributed by atoms with Gasteiger partial charge in [-0.05, 0) is 41.5 Å². The Kier molecular flexibility index (Phi) is 7.38. The SMILES string of the molecule is CC(C)(C)[C@H](NC(=O)c1ccccc1)C(=O)N[C@H]1CCc2cccc3c2N(C1=O)[C@H](C(=O)NCc1cn[nH]n1)C3. The molecule has 0 saturated carbocycles. The van der Waals surface area contributed by atoms with E-state index in [2.05, 4.69) is 31.4 Å². The maximum atomic E-state index is 14.0. The van der Waals surface area contributed by atoms with Crippen LogP contribution in [-0.4, -0.2) is 57.2 Å². The van der Waals surface area contributed by atoms with Crippen LogP contribution in [0.15, 0.2) is 54.7 Å². The molecule has 0 aliphatic carbocycles. The summed E-state index contributed by atoms with van der Waals surface area (Å²) in [5.41, 5.74) is 3.00. The van der Waals surface area contributed by atoms with Crippen LogP contribution in [0, 0.1) is 5.41 Å². The highest BCUT2D eigenvalue weighted by molar-refractivity contribution is 6.08. The van der Waals surface area contributed by atoms with Crippen molar-refractivity contribution in [3.63, 3.8) is 0 Å². The summed E-state index contributed by atoms with van der Waals surface area (Å²) in [5, 5.41) is 18.8. The molecule has 0 fully saturated rings. The second-order valence-electron chi connectivity index (χ2n) is 11.3. The van der Waals surface area contributed by atoms with Gasteiger partial charge in [0.2, 0.25) is 17.7 Å². The van der Waals surface area contributed by atoms with Gasteiger partial charge in [-0.25, -0.2) is 0 Å². The third-order valence-electron chi connectivity index (χ3n) is 7.37. The summed E-state index contributed by atoms with van der Waals surface area (Å²) in [6.45, 7) is 5.74. The Bertz CT molecular complexity index is 1420. The molecule has 11 heteroatoms. The van der Waals surface area contributed by atoms with Crippen LogP contribution in [0.1, 0.15) is 54.4 Å². The Balaban J connectivity index is 1.36. The first-order valence-corrected chi connectivity index (χ1v) is 13.4. The van der Waals surface area contributed by atoms with Crippen molar-refractivity contribution in [2.24, 2.45) is 5.41 Å². The van der Waals surface area contributed by atoms with Crippen molar-refractivity contribution in [1.82, 2.24) is 31.4 Å². The number of hydrogen-bond donors (Lipinski definition) is 4. The van der Waals surface area contributed by atoms with Crippen LogP contribution in [0.5, 0.6) is 0 Å². The molecule has 3 atom stereocenters. The molecule has 208 valence electrons. The summed E-state index contributed by atoms with van der Waals surface area (Å²) >= 11 is 0. The van der Waals surface area contributed by atoms with Crippen LogP contribution in [0.25, 0.3) is 0 Å². The van der Waals surface area contributed by atoms with Gasteiger partial charge in [-0.15, -0.1) is 0 Å². The average molecular weight is 544 g/mol. The lowest BCUT2D eigenvalue weighted by Gasteiger charge is -2.33. The molecule has 3 heterocycles. The minimum atomic E-state index is -0.894. The second kappa shape index (κ2) is 10.9. The molecular weight excluding hydrogens is 510 g/mol. The van der Waals surface area contributed by atoms with Gasteiger partial charge in [0.1, 0.15) is 23.8 Å². The van der Waals surface area contributed by atoms with Gasteiger partial charge < -0.3 is 16.0 Å². The van der Waals surface area contributed by atoms with Gasteiger partial charge in [0.15, 0.2) is 0 Å². The Hall–Kier alpha value is -4.54. The number of anilines is 1. The number of carbonyl (C=O) groups excluding carboxylic acids is 4. The van der Waals surface area contributed by atoms with Gasteiger partial charge in [0, 0.05) is 12.0 Å². The van der Waals surface area contributed by atoms with Crippen LogP contribution >= 0.6 is 0 Å². The fourth-order valence-corrected chi connectivity index (χ4v) is 5.32. The standard InChI is InChI=1S/C29H33N7O4/c1-29(2,3)24(33-25(37)18-8-5-4-6-9-18)27(39)32-21-13-12-17-10-7-11-19-14-22(36(23(17)19)28(21)40)26(38)30-15-20-16-31-35-34-20/h4-11,16,21-22,24H,12-15H2,1-3H3,(H,30,38)(H,32,39)(H,33,37)(H,31,34,35)/t21-,22-,24+/m0/s1. The van der Waals surface area contributed by atoms with Crippen molar-refractivity contribution < 1.29 is 19.2 Å². The molecule has 0 saturated heterocycles. The molecule has 5 rings (SSSR count). The van der Waals surface area contributed by atoms with E-state index in [1.165, 1.54) is 11.1 Å². The van der Waals surface area contributed by atoms with Crippen molar-refractivity contribution >= 4 is 29.3 Å². The number of amides is 4. The quantitative estimate of drug-likeness (QED) is 0.356. The maximum Gasteiger partial charge on any atom is 0.251 e.